The molecule has 1 heterocycles. The largest absolute Gasteiger partial charge is 0.378 e. The summed E-state index contributed by atoms with van der Waals surface area (Å²) in [6.07, 6.45) is 3.38. The fraction of sp³-hybridized carbons (Fsp3) is 1.00. The topological polar surface area (TPSA) is 47.7 Å². The normalized spacial score (nSPS) is 19.3. The summed E-state index contributed by atoms with van der Waals surface area (Å²) in [4.78, 5) is 2.45. The Kier molecular flexibility index (Phi) is 7.15. The Morgan fingerprint density at radius 2 is 1.78 bits per heavy atom. The molecule has 0 saturated carbocycles. The third-order valence-corrected chi connectivity index (χ3v) is 3.12. The van der Waals surface area contributed by atoms with Crippen molar-refractivity contribution in [3.8, 4) is 0 Å². The molecule has 18 heavy (non-hydrogen) atoms. The quantitative estimate of drug-likeness (QED) is 0.533. The number of nitrogens with two attached hydrogens (primary N) is 1. The predicted molar refractivity (Wildman–Crippen MR) is 74.5 cm³/mol. The van der Waals surface area contributed by atoms with Crippen molar-refractivity contribution >= 4 is 0 Å². The second-order valence-corrected chi connectivity index (χ2v) is 6.34. The van der Waals surface area contributed by atoms with Crippen LogP contribution in [0.2, 0.25) is 0 Å². The maximum absolute atomic E-state index is 5.89. The van der Waals surface area contributed by atoms with Gasteiger partial charge in [-0.3, -0.25) is 0 Å². The number of ether oxygens (including phenoxy) is 2. The van der Waals surface area contributed by atoms with Crippen LogP contribution in [0, 0.1) is 5.41 Å². The third kappa shape index (κ3) is 8.03. The molecule has 0 spiro atoms. The number of hydrogen-bond acceptors (Lipinski definition) is 4. The van der Waals surface area contributed by atoms with Gasteiger partial charge in [-0.2, -0.15) is 0 Å². The highest BCUT2D eigenvalue weighted by Gasteiger charge is 2.15. The molecule has 0 aromatic heterocycles. The lowest BCUT2D eigenvalue weighted by molar-refractivity contribution is -0.0108. The lowest BCUT2D eigenvalue weighted by Crippen LogP contribution is -2.30. The van der Waals surface area contributed by atoms with Crippen molar-refractivity contribution in [1.29, 1.82) is 0 Å². The lowest BCUT2D eigenvalue weighted by atomic mass is 9.91. The van der Waals surface area contributed by atoms with Crippen LogP contribution in [0.5, 0.6) is 0 Å². The third-order valence-electron chi connectivity index (χ3n) is 3.12. The summed E-state index contributed by atoms with van der Waals surface area (Å²) < 4.78 is 11.1. The van der Waals surface area contributed by atoms with E-state index in [-0.39, 0.29) is 11.6 Å². The SMILES string of the molecule is CC(C)(C)CC(N)OCCOCCN1CCCC1. The standard InChI is InChI=1S/C14H30N2O2/c1-14(2,3)12-13(15)18-11-10-17-9-8-16-6-4-5-7-16/h13H,4-12,15H2,1-3H3. The van der Waals surface area contributed by atoms with Crippen molar-refractivity contribution in [2.45, 2.75) is 46.3 Å². The lowest BCUT2D eigenvalue weighted by Gasteiger charge is -2.23. The van der Waals surface area contributed by atoms with Crippen LogP contribution >= 0.6 is 0 Å². The summed E-state index contributed by atoms with van der Waals surface area (Å²) in [5, 5.41) is 0. The monoisotopic (exact) mass is 258 g/mol. The molecule has 0 radical (unpaired) electrons. The van der Waals surface area contributed by atoms with Gasteiger partial charge in [-0.1, -0.05) is 20.8 Å². The summed E-state index contributed by atoms with van der Waals surface area (Å²) >= 11 is 0. The van der Waals surface area contributed by atoms with Crippen LogP contribution in [0.1, 0.15) is 40.0 Å². The van der Waals surface area contributed by atoms with Gasteiger partial charge >= 0.3 is 0 Å². The Morgan fingerprint density at radius 3 is 2.39 bits per heavy atom. The highest BCUT2D eigenvalue weighted by Crippen LogP contribution is 2.20. The zero-order valence-corrected chi connectivity index (χ0v) is 12.3. The predicted octanol–water partition coefficient (Wildman–Crippen LogP) is 1.84. The van der Waals surface area contributed by atoms with E-state index in [1.54, 1.807) is 0 Å². The molecule has 1 unspecified atom stereocenters. The van der Waals surface area contributed by atoms with Crippen molar-refractivity contribution in [3.63, 3.8) is 0 Å². The van der Waals surface area contributed by atoms with Crippen LogP contribution in [0.15, 0.2) is 0 Å². The van der Waals surface area contributed by atoms with Gasteiger partial charge in [-0.15, -0.1) is 0 Å². The van der Waals surface area contributed by atoms with E-state index in [0.29, 0.717) is 13.2 Å². The van der Waals surface area contributed by atoms with Gasteiger partial charge < -0.3 is 20.1 Å². The fourth-order valence-electron chi connectivity index (χ4n) is 2.22. The van der Waals surface area contributed by atoms with Crippen molar-refractivity contribution in [3.05, 3.63) is 0 Å². The highest BCUT2D eigenvalue weighted by atomic mass is 16.5. The second kappa shape index (κ2) is 8.10. The molecule has 108 valence electrons. The smallest absolute Gasteiger partial charge is 0.106 e. The van der Waals surface area contributed by atoms with Gasteiger partial charge in [-0.25, -0.2) is 0 Å². The Labute approximate surface area is 112 Å². The molecule has 1 fully saturated rings. The summed E-state index contributed by atoms with van der Waals surface area (Å²) in [6.45, 7) is 12.1. The molecule has 1 rings (SSSR count). The molecule has 0 aromatic rings. The number of likely N-dealkylation sites (tertiary alicyclic amines) is 1. The zero-order valence-electron chi connectivity index (χ0n) is 12.3. The fourth-order valence-corrected chi connectivity index (χ4v) is 2.22. The summed E-state index contributed by atoms with van der Waals surface area (Å²) in [5.41, 5.74) is 6.11. The summed E-state index contributed by atoms with van der Waals surface area (Å²) in [7, 11) is 0. The van der Waals surface area contributed by atoms with Crippen molar-refractivity contribution in [2.75, 3.05) is 39.5 Å². The van der Waals surface area contributed by atoms with Crippen LogP contribution in [0.3, 0.4) is 0 Å². The Morgan fingerprint density at radius 1 is 1.11 bits per heavy atom. The molecule has 0 aliphatic carbocycles. The molecule has 2 N–H and O–H groups in total. The van der Waals surface area contributed by atoms with E-state index in [1.807, 2.05) is 0 Å². The summed E-state index contributed by atoms with van der Waals surface area (Å²) in [6, 6.07) is 0. The molecule has 4 nitrogen and oxygen atoms in total. The van der Waals surface area contributed by atoms with Crippen LogP contribution in [-0.4, -0.2) is 50.6 Å². The first-order valence-electron chi connectivity index (χ1n) is 7.15. The van der Waals surface area contributed by atoms with E-state index >= 15 is 0 Å². The Bertz CT molecular complexity index is 210. The average Bonchev–Trinajstić information content (AvgIpc) is 2.73. The Balaban J connectivity index is 1.88. The van der Waals surface area contributed by atoms with Crippen molar-refractivity contribution in [2.24, 2.45) is 11.1 Å². The average molecular weight is 258 g/mol. The zero-order chi connectivity index (χ0) is 13.4. The van der Waals surface area contributed by atoms with E-state index in [2.05, 4.69) is 25.7 Å². The van der Waals surface area contributed by atoms with Gasteiger partial charge in [0.2, 0.25) is 0 Å². The minimum absolute atomic E-state index is 0.174. The molecule has 1 aliphatic heterocycles. The van der Waals surface area contributed by atoms with E-state index in [4.69, 9.17) is 15.2 Å². The highest BCUT2D eigenvalue weighted by molar-refractivity contribution is 4.66. The van der Waals surface area contributed by atoms with Gasteiger partial charge in [-0.05, 0) is 37.8 Å². The molecule has 1 saturated heterocycles. The molecule has 0 bridgehead atoms. The summed E-state index contributed by atoms with van der Waals surface area (Å²) in [5.74, 6) is 0. The van der Waals surface area contributed by atoms with Crippen LogP contribution in [-0.2, 0) is 9.47 Å². The van der Waals surface area contributed by atoms with Gasteiger partial charge in [0.1, 0.15) is 6.23 Å². The van der Waals surface area contributed by atoms with Crippen LogP contribution < -0.4 is 5.73 Å². The maximum Gasteiger partial charge on any atom is 0.106 e. The molecular weight excluding hydrogens is 228 g/mol. The maximum atomic E-state index is 5.89. The number of hydrogen-bond donors (Lipinski definition) is 1. The van der Waals surface area contributed by atoms with E-state index < -0.39 is 0 Å². The molecular formula is C14H30N2O2. The van der Waals surface area contributed by atoms with E-state index in [9.17, 15) is 0 Å². The molecule has 0 aromatic carbocycles. The second-order valence-electron chi connectivity index (χ2n) is 6.34. The number of rotatable bonds is 8. The first-order valence-corrected chi connectivity index (χ1v) is 7.15. The Hall–Kier alpha value is -0.160. The molecule has 1 atom stereocenters. The minimum Gasteiger partial charge on any atom is -0.378 e. The van der Waals surface area contributed by atoms with E-state index in [1.165, 1.54) is 25.9 Å². The number of nitrogens with zero attached hydrogens (tertiary/aromatic N) is 1. The first kappa shape index (κ1) is 15.9. The van der Waals surface area contributed by atoms with Gasteiger partial charge in [0.05, 0.1) is 19.8 Å². The minimum atomic E-state index is -0.174. The van der Waals surface area contributed by atoms with Crippen molar-refractivity contribution in [1.82, 2.24) is 4.90 Å². The molecule has 4 heteroatoms. The van der Waals surface area contributed by atoms with Crippen LogP contribution in [0.4, 0.5) is 0 Å². The van der Waals surface area contributed by atoms with E-state index in [0.717, 1.165) is 19.6 Å². The molecule has 0 amide bonds. The molecule has 1 aliphatic rings. The van der Waals surface area contributed by atoms with Crippen molar-refractivity contribution < 1.29 is 9.47 Å². The first-order chi connectivity index (χ1) is 8.47. The van der Waals surface area contributed by atoms with Gasteiger partial charge in [0.25, 0.3) is 0 Å². The van der Waals surface area contributed by atoms with Crippen LogP contribution in [0.25, 0.3) is 0 Å². The van der Waals surface area contributed by atoms with Gasteiger partial charge in [0.15, 0.2) is 0 Å². The van der Waals surface area contributed by atoms with Gasteiger partial charge in [0, 0.05) is 6.54 Å².